The first kappa shape index (κ1) is 13.6. The smallest absolute Gasteiger partial charge is 0.336 e. The van der Waals surface area contributed by atoms with E-state index in [0.717, 1.165) is 6.07 Å². The zero-order chi connectivity index (χ0) is 14.7. The Labute approximate surface area is 112 Å². The van der Waals surface area contributed by atoms with Crippen molar-refractivity contribution in [2.75, 3.05) is 6.54 Å². The maximum absolute atomic E-state index is 11.6. The Morgan fingerprint density at radius 1 is 1.30 bits per heavy atom. The molecule has 20 heavy (non-hydrogen) atoms. The van der Waals surface area contributed by atoms with Crippen LogP contribution >= 0.6 is 0 Å². The van der Waals surface area contributed by atoms with Crippen molar-refractivity contribution in [2.24, 2.45) is 0 Å². The average molecular weight is 276 g/mol. The molecule has 0 aliphatic rings. The predicted molar refractivity (Wildman–Crippen MR) is 65.9 cm³/mol. The minimum Gasteiger partial charge on any atom is -0.548 e. The monoisotopic (exact) mass is 276 g/mol. The molecule has 0 radical (unpaired) electrons. The molecule has 0 unspecified atom stereocenters. The van der Waals surface area contributed by atoms with Crippen molar-refractivity contribution < 1.29 is 24.2 Å². The number of amides is 1. The number of benzene rings is 1. The molecule has 1 aromatic carbocycles. The lowest BCUT2D eigenvalue weighted by atomic mass is 10.1. The number of hydrogen-bond donors (Lipinski definition) is 2. The van der Waals surface area contributed by atoms with E-state index < -0.39 is 24.0 Å². The lowest BCUT2D eigenvalue weighted by Crippen LogP contribution is -2.38. The average Bonchev–Trinajstić information content (AvgIpc) is 2.35. The molecule has 1 amide bonds. The van der Waals surface area contributed by atoms with Gasteiger partial charge in [0.2, 0.25) is 5.91 Å². The van der Waals surface area contributed by atoms with Gasteiger partial charge in [-0.1, -0.05) is 0 Å². The summed E-state index contributed by atoms with van der Waals surface area (Å²) in [5.41, 5.74) is -0.127. The lowest BCUT2D eigenvalue weighted by Gasteiger charge is -2.07. The molecule has 1 aromatic heterocycles. The van der Waals surface area contributed by atoms with Crippen molar-refractivity contribution in [1.82, 2.24) is 5.32 Å². The van der Waals surface area contributed by atoms with Gasteiger partial charge in [-0.15, -0.1) is 0 Å². The fourth-order valence-corrected chi connectivity index (χ4v) is 1.77. The SMILES string of the molecule is O=C([O-])CNC(=O)Cc1cc(=O)oc2cc(O)ccc12. The van der Waals surface area contributed by atoms with Crippen LogP contribution in [0, 0.1) is 0 Å². The van der Waals surface area contributed by atoms with Gasteiger partial charge in [0, 0.05) is 17.5 Å². The number of carbonyl (C=O) groups is 2. The van der Waals surface area contributed by atoms with Crippen molar-refractivity contribution in [3.05, 3.63) is 40.2 Å². The topological polar surface area (TPSA) is 120 Å². The van der Waals surface area contributed by atoms with Crippen molar-refractivity contribution in [1.29, 1.82) is 0 Å². The molecule has 2 N–H and O–H groups in total. The van der Waals surface area contributed by atoms with E-state index >= 15 is 0 Å². The molecule has 0 saturated heterocycles. The Kier molecular flexibility index (Phi) is 3.69. The van der Waals surface area contributed by atoms with Gasteiger partial charge < -0.3 is 24.7 Å². The standard InChI is InChI=1S/C13H11NO6/c15-8-1-2-9-7(3-11(16)14-6-12(17)18)4-13(19)20-10(9)5-8/h1-2,4-5,15H,3,6H2,(H,14,16)(H,17,18)/p-1. The number of carboxylic acids is 1. The van der Waals surface area contributed by atoms with Crippen molar-refractivity contribution in [3.63, 3.8) is 0 Å². The number of carboxylic acid groups (broad SMARTS) is 1. The molecule has 0 aliphatic heterocycles. The van der Waals surface area contributed by atoms with E-state index in [9.17, 15) is 24.6 Å². The fourth-order valence-electron chi connectivity index (χ4n) is 1.77. The highest BCUT2D eigenvalue weighted by Gasteiger charge is 2.10. The van der Waals surface area contributed by atoms with Crippen LogP contribution in [-0.4, -0.2) is 23.5 Å². The van der Waals surface area contributed by atoms with Crippen molar-refractivity contribution >= 4 is 22.8 Å². The summed E-state index contributed by atoms with van der Waals surface area (Å²) >= 11 is 0. The van der Waals surface area contributed by atoms with Gasteiger partial charge in [-0.05, 0) is 17.7 Å². The second-order valence-corrected chi connectivity index (χ2v) is 4.10. The van der Waals surface area contributed by atoms with E-state index in [2.05, 4.69) is 5.32 Å². The van der Waals surface area contributed by atoms with Gasteiger partial charge in [0.25, 0.3) is 0 Å². The Bertz CT molecular complexity index is 733. The van der Waals surface area contributed by atoms with Crippen molar-refractivity contribution in [3.8, 4) is 5.75 Å². The Hall–Kier alpha value is -2.83. The molecular formula is C13H10NO6-. The molecule has 7 heteroatoms. The molecule has 0 spiro atoms. The molecule has 1 heterocycles. The maximum Gasteiger partial charge on any atom is 0.336 e. The highest BCUT2D eigenvalue weighted by molar-refractivity contribution is 5.88. The number of phenols is 1. The minimum absolute atomic E-state index is 0.0702. The fraction of sp³-hybridized carbons (Fsp3) is 0.154. The number of hydrogen-bond acceptors (Lipinski definition) is 6. The summed E-state index contributed by atoms with van der Waals surface area (Å²) in [6.45, 7) is -0.598. The summed E-state index contributed by atoms with van der Waals surface area (Å²) in [6.07, 6.45) is -0.180. The maximum atomic E-state index is 11.6. The molecular weight excluding hydrogens is 266 g/mol. The van der Waals surface area contributed by atoms with Gasteiger partial charge in [0.15, 0.2) is 0 Å². The Morgan fingerprint density at radius 3 is 2.75 bits per heavy atom. The van der Waals surface area contributed by atoms with Gasteiger partial charge in [-0.25, -0.2) is 4.79 Å². The molecule has 0 aliphatic carbocycles. The second kappa shape index (κ2) is 5.43. The summed E-state index contributed by atoms with van der Waals surface area (Å²) in [5, 5.41) is 22.2. The number of fused-ring (bicyclic) bond motifs is 1. The van der Waals surface area contributed by atoms with Crippen LogP contribution in [0.3, 0.4) is 0 Å². The van der Waals surface area contributed by atoms with Crippen LogP contribution in [0.25, 0.3) is 11.0 Å². The van der Waals surface area contributed by atoms with E-state index in [4.69, 9.17) is 4.42 Å². The van der Waals surface area contributed by atoms with Crippen LogP contribution in [0.4, 0.5) is 0 Å². The molecule has 0 saturated carbocycles. The molecule has 0 bridgehead atoms. The van der Waals surface area contributed by atoms with E-state index in [0.29, 0.717) is 10.9 Å². The first-order chi connectivity index (χ1) is 9.45. The number of aliphatic carboxylic acids is 1. The summed E-state index contributed by atoms with van der Waals surface area (Å²) in [5.74, 6) is -2.03. The Morgan fingerprint density at radius 2 is 2.05 bits per heavy atom. The number of carbonyl (C=O) groups excluding carboxylic acids is 2. The van der Waals surface area contributed by atoms with Crippen LogP contribution in [0.1, 0.15) is 5.56 Å². The van der Waals surface area contributed by atoms with Gasteiger partial charge >= 0.3 is 5.63 Å². The molecule has 0 atom stereocenters. The number of phenolic OH excluding ortho intramolecular Hbond substituents is 1. The van der Waals surface area contributed by atoms with Crippen LogP contribution < -0.4 is 16.0 Å². The zero-order valence-electron chi connectivity index (χ0n) is 10.2. The summed E-state index contributed by atoms with van der Waals surface area (Å²) in [4.78, 5) is 33.2. The van der Waals surface area contributed by atoms with Crippen LogP contribution in [-0.2, 0) is 16.0 Å². The highest BCUT2D eigenvalue weighted by Crippen LogP contribution is 2.21. The Balaban J connectivity index is 2.32. The lowest BCUT2D eigenvalue weighted by molar-refractivity contribution is -0.304. The van der Waals surface area contributed by atoms with Gasteiger partial charge in [0.05, 0.1) is 18.9 Å². The van der Waals surface area contributed by atoms with E-state index in [1.807, 2.05) is 0 Å². The third kappa shape index (κ3) is 3.14. The minimum atomic E-state index is -1.40. The molecule has 2 aromatic rings. The first-order valence-corrected chi connectivity index (χ1v) is 5.68. The van der Waals surface area contributed by atoms with Crippen molar-refractivity contribution in [2.45, 2.75) is 6.42 Å². The zero-order valence-corrected chi connectivity index (χ0v) is 10.2. The third-order valence-corrected chi connectivity index (χ3v) is 2.59. The number of nitrogens with one attached hydrogen (secondary N) is 1. The summed E-state index contributed by atoms with van der Waals surface area (Å²) in [7, 11) is 0. The van der Waals surface area contributed by atoms with Crippen LogP contribution in [0.5, 0.6) is 5.75 Å². The quantitative estimate of drug-likeness (QED) is 0.684. The molecule has 7 nitrogen and oxygen atoms in total. The second-order valence-electron chi connectivity index (χ2n) is 4.10. The van der Waals surface area contributed by atoms with E-state index in [1.165, 1.54) is 18.2 Å². The largest absolute Gasteiger partial charge is 0.548 e. The van der Waals surface area contributed by atoms with Gasteiger partial charge in [-0.2, -0.15) is 0 Å². The summed E-state index contributed by atoms with van der Waals surface area (Å²) in [6, 6.07) is 5.32. The van der Waals surface area contributed by atoms with E-state index in [-0.39, 0.29) is 17.8 Å². The normalized spacial score (nSPS) is 10.4. The van der Waals surface area contributed by atoms with Gasteiger partial charge in [-0.3, -0.25) is 4.79 Å². The number of rotatable bonds is 4. The number of aromatic hydroxyl groups is 1. The highest BCUT2D eigenvalue weighted by atomic mass is 16.4. The molecule has 0 fully saturated rings. The predicted octanol–water partition coefficient (Wildman–Crippen LogP) is -1.09. The van der Waals surface area contributed by atoms with Crippen LogP contribution in [0.15, 0.2) is 33.5 Å². The molecule has 104 valence electrons. The van der Waals surface area contributed by atoms with Gasteiger partial charge in [0.1, 0.15) is 11.3 Å². The molecule has 2 rings (SSSR count). The van der Waals surface area contributed by atoms with Crippen LogP contribution in [0.2, 0.25) is 0 Å². The summed E-state index contributed by atoms with van der Waals surface area (Å²) < 4.78 is 4.91. The van der Waals surface area contributed by atoms with E-state index in [1.54, 1.807) is 0 Å². The third-order valence-electron chi connectivity index (χ3n) is 2.59. The first-order valence-electron chi connectivity index (χ1n) is 5.68.